The molecule has 22 heavy (non-hydrogen) atoms. The van der Waals surface area contributed by atoms with Crippen LogP contribution in [-0.2, 0) is 4.74 Å². The van der Waals surface area contributed by atoms with Gasteiger partial charge in [0.15, 0.2) is 0 Å². The molecule has 0 bridgehead atoms. The highest BCUT2D eigenvalue weighted by atomic mass is 16.5. The third-order valence-electron chi connectivity index (χ3n) is 4.56. The van der Waals surface area contributed by atoms with Crippen LogP contribution < -0.4 is 5.56 Å². The molecule has 2 aromatic heterocycles. The lowest BCUT2D eigenvalue weighted by atomic mass is 10.0. The summed E-state index contributed by atoms with van der Waals surface area (Å²) >= 11 is 0. The molecule has 116 valence electrons. The molecule has 0 atom stereocenters. The Hall–Kier alpha value is -2.17. The molecule has 2 heterocycles. The van der Waals surface area contributed by atoms with Crippen LogP contribution in [0.3, 0.4) is 0 Å². The number of nitrogens with zero attached hydrogens (tertiary/aromatic N) is 2. The molecule has 3 rings (SSSR count). The van der Waals surface area contributed by atoms with Gasteiger partial charge in [0, 0.05) is 17.6 Å². The van der Waals surface area contributed by atoms with E-state index >= 15 is 0 Å². The molecule has 1 saturated carbocycles. The lowest BCUT2D eigenvalue weighted by molar-refractivity contribution is 0.0601. The average molecular weight is 300 g/mol. The number of fused-ring (bicyclic) bond motifs is 1. The number of pyridine rings is 2. The van der Waals surface area contributed by atoms with Gasteiger partial charge in [-0.2, -0.15) is 0 Å². The Morgan fingerprint density at radius 1 is 1.27 bits per heavy atom. The lowest BCUT2D eigenvalue weighted by Crippen LogP contribution is -2.24. The first-order valence-electron chi connectivity index (χ1n) is 7.65. The molecular formula is C17H20N2O3. The van der Waals surface area contributed by atoms with Crippen LogP contribution in [0, 0.1) is 13.8 Å². The van der Waals surface area contributed by atoms with Gasteiger partial charge in [-0.15, -0.1) is 0 Å². The molecule has 5 heteroatoms. The molecule has 1 aliphatic rings. The highest BCUT2D eigenvalue weighted by molar-refractivity contribution is 6.05. The van der Waals surface area contributed by atoms with E-state index in [0.29, 0.717) is 27.7 Å². The Balaban J connectivity index is 2.31. The molecular weight excluding hydrogens is 280 g/mol. The van der Waals surface area contributed by atoms with Crippen molar-refractivity contribution in [1.29, 1.82) is 0 Å². The van der Waals surface area contributed by atoms with Gasteiger partial charge >= 0.3 is 5.97 Å². The van der Waals surface area contributed by atoms with Crippen molar-refractivity contribution in [1.82, 2.24) is 9.55 Å². The van der Waals surface area contributed by atoms with E-state index in [1.165, 1.54) is 7.11 Å². The van der Waals surface area contributed by atoms with Crippen LogP contribution in [-0.4, -0.2) is 22.6 Å². The molecule has 0 aromatic carbocycles. The maximum atomic E-state index is 12.9. The number of carbonyl (C=O) groups is 1. The van der Waals surface area contributed by atoms with Gasteiger partial charge in [-0.25, -0.2) is 4.79 Å². The first-order valence-corrected chi connectivity index (χ1v) is 7.65. The molecule has 0 spiro atoms. The van der Waals surface area contributed by atoms with Crippen LogP contribution in [0.25, 0.3) is 10.8 Å². The number of hydrogen-bond donors (Lipinski definition) is 0. The van der Waals surface area contributed by atoms with Gasteiger partial charge in [0.2, 0.25) is 0 Å². The minimum atomic E-state index is -0.451. The Labute approximate surface area is 128 Å². The maximum Gasteiger partial charge on any atom is 0.340 e. The lowest BCUT2D eigenvalue weighted by Gasteiger charge is -2.16. The van der Waals surface area contributed by atoms with Gasteiger partial charge in [-0.1, -0.05) is 12.8 Å². The van der Waals surface area contributed by atoms with Gasteiger partial charge in [0.1, 0.15) is 0 Å². The van der Waals surface area contributed by atoms with Gasteiger partial charge < -0.3 is 9.30 Å². The predicted molar refractivity (Wildman–Crippen MR) is 84.3 cm³/mol. The van der Waals surface area contributed by atoms with Crippen molar-refractivity contribution in [2.45, 2.75) is 45.6 Å². The monoisotopic (exact) mass is 300 g/mol. The maximum absolute atomic E-state index is 12.9. The summed E-state index contributed by atoms with van der Waals surface area (Å²) in [5.41, 5.74) is 1.59. The van der Waals surface area contributed by atoms with Crippen LogP contribution in [0.4, 0.5) is 0 Å². The zero-order valence-electron chi connectivity index (χ0n) is 13.2. The first kappa shape index (κ1) is 14.8. The standard InChI is InChI=1S/C17H20N2O3/c1-10-14-13(15(11(2)18-10)17(21)22-3)8-9-19(16(14)20)12-6-4-5-7-12/h8-9,12H,4-7H2,1-3H3. The minimum Gasteiger partial charge on any atom is -0.465 e. The fraction of sp³-hybridized carbons (Fsp3) is 0.471. The van der Waals surface area contributed by atoms with Crippen LogP contribution in [0.5, 0.6) is 0 Å². The molecule has 0 amide bonds. The van der Waals surface area contributed by atoms with Gasteiger partial charge in [0.25, 0.3) is 5.56 Å². The smallest absolute Gasteiger partial charge is 0.340 e. The van der Waals surface area contributed by atoms with Crippen molar-refractivity contribution in [3.63, 3.8) is 0 Å². The summed E-state index contributed by atoms with van der Waals surface area (Å²) < 4.78 is 6.65. The number of rotatable bonds is 2. The zero-order valence-corrected chi connectivity index (χ0v) is 13.2. The van der Waals surface area contributed by atoms with Gasteiger partial charge in [-0.05, 0) is 32.8 Å². The average Bonchev–Trinajstić information content (AvgIpc) is 3.00. The fourth-order valence-electron chi connectivity index (χ4n) is 3.50. The number of ether oxygens (including phenoxy) is 1. The van der Waals surface area contributed by atoms with E-state index in [-0.39, 0.29) is 11.6 Å². The Morgan fingerprint density at radius 3 is 2.59 bits per heavy atom. The summed E-state index contributed by atoms with van der Waals surface area (Å²) in [6.07, 6.45) is 6.20. The highest BCUT2D eigenvalue weighted by Crippen LogP contribution is 2.29. The Kier molecular flexibility index (Phi) is 3.72. The van der Waals surface area contributed by atoms with Crippen molar-refractivity contribution >= 4 is 16.7 Å². The topological polar surface area (TPSA) is 61.2 Å². The molecule has 2 aromatic rings. The number of methoxy groups -OCH3 is 1. The largest absolute Gasteiger partial charge is 0.465 e. The zero-order chi connectivity index (χ0) is 15.9. The summed E-state index contributed by atoms with van der Waals surface area (Å²) in [6, 6.07) is 2.11. The molecule has 0 aliphatic heterocycles. The van der Waals surface area contributed by atoms with Crippen LogP contribution >= 0.6 is 0 Å². The van der Waals surface area contributed by atoms with Gasteiger partial charge in [0.05, 0.1) is 29.4 Å². The number of esters is 1. The molecule has 5 nitrogen and oxygen atoms in total. The molecule has 0 radical (unpaired) electrons. The van der Waals surface area contributed by atoms with Crippen LogP contribution in [0.2, 0.25) is 0 Å². The number of aromatic nitrogens is 2. The summed E-state index contributed by atoms with van der Waals surface area (Å²) in [6.45, 7) is 3.58. The van der Waals surface area contributed by atoms with E-state index in [4.69, 9.17) is 4.74 Å². The second kappa shape index (κ2) is 5.55. The highest BCUT2D eigenvalue weighted by Gasteiger charge is 2.22. The van der Waals surface area contributed by atoms with E-state index in [1.807, 2.05) is 19.2 Å². The number of aryl methyl sites for hydroxylation is 2. The molecule has 1 aliphatic carbocycles. The van der Waals surface area contributed by atoms with E-state index in [0.717, 1.165) is 25.7 Å². The SMILES string of the molecule is COC(=O)c1c(C)nc(C)c2c(=O)n(C3CCCC3)ccc12. The summed E-state index contributed by atoms with van der Waals surface area (Å²) in [7, 11) is 1.34. The fourth-order valence-corrected chi connectivity index (χ4v) is 3.50. The molecule has 0 saturated heterocycles. The molecule has 1 fully saturated rings. The van der Waals surface area contributed by atoms with Crippen molar-refractivity contribution in [2.75, 3.05) is 7.11 Å². The van der Waals surface area contributed by atoms with E-state index < -0.39 is 5.97 Å². The Bertz CT molecular complexity index is 802. The van der Waals surface area contributed by atoms with Crippen molar-refractivity contribution in [3.05, 3.63) is 39.6 Å². The van der Waals surface area contributed by atoms with E-state index in [1.54, 1.807) is 11.5 Å². The van der Waals surface area contributed by atoms with Crippen LogP contribution in [0.1, 0.15) is 53.5 Å². The third kappa shape index (κ3) is 2.21. The number of carbonyl (C=O) groups excluding carboxylic acids is 1. The summed E-state index contributed by atoms with van der Waals surface area (Å²) in [4.78, 5) is 29.3. The second-order valence-corrected chi connectivity index (χ2v) is 5.90. The normalized spacial score (nSPS) is 15.4. The van der Waals surface area contributed by atoms with Gasteiger partial charge in [-0.3, -0.25) is 9.78 Å². The summed E-state index contributed by atoms with van der Waals surface area (Å²) in [5, 5.41) is 1.16. The minimum absolute atomic E-state index is 0.0560. The quantitative estimate of drug-likeness (QED) is 0.800. The number of hydrogen-bond acceptors (Lipinski definition) is 4. The van der Waals surface area contributed by atoms with Crippen molar-refractivity contribution < 1.29 is 9.53 Å². The summed E-state index contributed by atoms with van der Waals surface area (Å²) in [5.74, 6) is -0.451. The molecule has 0 N–H and O–H groups in total. The van der Waals surface area contributed by atoms with E-state index in [2.05, 4.69) is 4.98 Å². The van der Waals surface area contributed by atoms with Crippen molar-refractivity contribution in [3.8, 4) is 0 Å². The third-order valence-corrected chi connectivity index (χ3v) is 4.56. The molecule has 0 unspecified atom stereocenters. The van der Waals surface area contributed by atoms with E-state index in [9.17, 15) is 9.59 Å². The Morgan fingerprint density at radius 2 is 1.95 bits per heavy atom. The second-order valence-electron chi connectivity index (χ2n) is 5.90. The van der Waals surface area contributed by atoms with Crippen molar-refractivity contribution in [2.24, 2.45) is 0 Å². The van der Waals surface area contributed by atoms with Crippen LogP contribution in [0.15, 0.2) is 17.1 Å². The predicted octanol–water partition coefficient (Wildman–Crippen LogP) is 2.92. The first-order chi connectivity index (χ1) is 10.5.